The number of nitrogens with zero attached hydrogens (tertiary/aromatic N) is 1. The minimum atomic E-state index is 0.390. The van der Waals surface area contributed by atoms with E-state index in [1.54, 1.807) is 7.11 Å². The van der Waals surface area contributed by atoms with E-state index in [0.29, 0.717) is 4.99 Å². The molecule has 82 valence electrons. The maximum atomic E-state index is 5.69. The lowest BCUT2D eigenvalue weighted by Crippen LogP contribution is -2.10. The first-order chi connectivity index (χ1) is 7.61. The SMILES string of the molecule is COc1ccc2c(C(N)=S)cc(C)nc2c1. The third-order valence-corrected chi connectivity index (χ3v) is 2.63. The van der Waals surface area contributed by atoms with E-state index in [2.05, 4.69) is 4.98 Å². The maximum absolute atomic E-state index is 5.69. The Bertz CT molecular complexity index is 566. The molecule has 3 nitrogen and oxygen atoms in total. The van der Waals surface area contributed by atoms with Gasteiger partial charge in [-0.15, -0.1) is 0 Å². The van der Waals surface area contributed by atoms with Crippen LogP contribution in [0.15, 0.2) is 24.3 Å². The molecule has 2 aromatic rings. The summed E-state index contributed by atoms with van der Waals surface area (Å²) in [6.07, 6.45) is 0. The normalized spacial score (nSPS) is 10.4. The number of aromatic nitrogens is 1. The summed E-state index contributed by atoms with van der Waals surface area (Å²) < 4.78 is 5.16. The molecule has 0 aliphatic carbocycles. The monoisotopic (exact) mass is 232 g/mol. The number of fused-ring (bicyclic) bond motifs is 1. The van der Waals surface area contributed by atoms with Crippen molar-refractivity contribution in [1.82, 2.24) is 4.98 Å². The fraction of sp³-hybridized carbons (Fsp3) is 0.167. The highest BCUT2D eigenvalue weighted by atomic mass is 32.1. The molecule has 1 aromatic carbocycles. The van der Waals surface area contributed by atoms with Crippen molar-refractivity contribution in [2.45, 2.75) is 6.92 Å². The van der Waals surface area contributed by atoms with Crippen molar-refractivity contribution in [2.75, 3.05) is 7.11 Å². The van der Waals surface area contributed by atoms with Crippen LogP contribution in [0, 0.1) is 6.92 Å². The minimum absolute atomic E-state index is 0.390. The van der Waals surface area contributed by atoms with Crippen LogP contribution in [0.5, 0.6) is 5.75 Å². The molecule has 0 saturated carbocycles. The molecule has 0 unspecified atom stereocenters. The summed E-state index contributed by atoms with van der Waals surface area (Å²) in [5.74, 6) is 0.777. The van der Waals surface area contributed by atoms with E-state index >= 15 is 0 Å². The Morgan fingerprint density at radius 1 is 1.38 bits per heavy atom. The molecule has 0 atom stereocenters. The van der Waals surface area contributed by atoms with Crippen molar-refractivity contribution in [1.29, 1.82) is 0 Å². The first-order valence-corrected chi connectivity index (χ1v) is 5.28. The molecule has 4 heteroatoms. The molecule has 1 aromatic heterocycles. The molecule has 16 heavy (non-hydrogen) atoms. The average molecular weight is 232 g/mol. The van der Waals surface area contributed by atoms with Crippen LogP contribution in [0.2, 0.25) is 0 Å². The molecular weight excluding hydrogens is 220 g/mol. The summed E-state index contributed by atoms with van der Waals surface area (Å²) in [4.78, 5) is 4.82. The Balaban J connectivity index is 2.78. The number of hydrogen-bond acceptors (Lipinski definition) is 3. The zero-order valence-corrected chi connectivity index (χ0v) is 9.97. The Kier molecular flexibility index (Phi) is 2.75. The summed E-state index contributed by atoms with van der Waals surface area (Å²) in [6, 6.07) is 7.58. The van der Waals surface area contributed by atoms with Gasteiger partial charge in [0, 0.05) is 22.7 Å². The molecule has 0 aliphatic rings. The van der Waals surface area contributed by atoms with Gasteiger partial charge in [-0.2, -0.15) is 0 Å². The Morgan fingerprint density at radius 3 is 2.75 bits per heavy atom. The minimum Gasteiger partial charge on any atom is -0.497 e. The van der Waals surface area contributed by atoms with Gasteiger partial charge in [-0.3, -0.25) is 4.98 Å². The van der Waals surface area contributed by atoms with Gasteiger partial charge in [0.15, 0.2) is 0 Å². The molecule has 0 fully saturated rings. The van der Waals surface area contributed by atoms with E-state index in [0.717, 1.165) is 27.9 Å². The van der Waals surface area contributed by atoms with Gasteiger partial charge >= 0.3 is 0 Å². The van der Waals surface area contributed by atoms with E-state index in [9.17, 15) is 0 Å². The second-order valence-corrected chi connectivity index (χ2v) is 4.00. The molecule has 2 N–H and O–H groups in total. The van der Waals surface area contributed by atoms with Gasteiger partial charge in [0.25, 0.3) is 0 Å². The van der Waals surface area contributed by atoms with Crippen LogP contribution in [0.25, 0.3) is 10.9 Å². The molecule has 0 bridgehead atoms. The molecule has 2 rings (SSSR count). The highest BCUT2D eigenvalue weighted by Gasteiger charge is 2.07. The lowest BCUT2D eigenvalue weighted by molar-refractivity contribution is 0.415. The maximum Gasteiger partial charge on any atom is 0.121 e. The number of pyridine rings is 1. The number of rotatable bonds is 2. The summed E-state index contributed by atoms with van der Waals surface area (Å²) in [5.41, 5.74) is 8.29. The Morgan fingerprint density at radius 2 is 2.12 bits per heavy atom. The summed E-state index contributed by atoms with van der Waals surface area (Å²) in [5, 5.41) is 0.957. The molecule has 0 radical (unpaired) electrons. The number of hydrogen-bond donors (Lipinski definition) is 1. The summed E-state index contributed by atoms with van der Waals surface area (Å²) in [6.45, 7) is 1.92. The highest BCUT2D eigenvalue weighted by Crippen LogP contribution is 2.23. The lowest BCUT2D eigenvalue weighted by Gasteiger charge is -2.07. The predicted octanol–water partition coefficient (Wildman–Crippen LogP) is 2.19. The first kappa shape index (κ1) is 10.8. The first-order valence-electron chi connectivity index (χ1n) is 4.87. The van der Waals surface area contributed by atoms with Gasteiger partial charge in [-0.05, 0) is 25.1 Å². The number of benzene rings is 1. The topological polar surface area (TPSA) is 48.1 Å². The predicted molar refractivity (Wildman–Crippen MR) is 68.9 cm³/mol. The fourth-order valence-electron chi connectivity index (χ4n) is 1.67. The van der Waals surface area contributed by atoms with Crippen molar-refractivity contribution in [3.05, 3.63) is 35.5 Å². The standard InChI is InChI=1S/C12H12N2OS/c1-7-5-10(12(13)16)9-4-3-8(15-2)6-11(9)14-7/h3-6H,1-2H3,(H2,13,16). The zero-order valence-electron chi connectivity index (χ0n) is 9.15. The smallest absolute Gasteiger partial charge is 0.121 e. The second kappa shape index (κ2) is 4.06. The van der Waals surface area contributed by atoms with E-state index in [4.69, 9.17) is 22.7 Å². The molecule has 1 heterocycles. The highest BCUT2D eigenvalue weighted by molar-refractivity contribution is 7.80. The summed E-state index contributed by atoms with van der Waals surface area (Å²) >= 11 is 5.03. The van der Waals surface area contributed by atoms with Crippen LogP contribution >= 0.6 is 12.2 Å². The number of thiocarbonyl (C=S) groups is 1. The van der Waals surface area contributed by atoms with Crippen molar-refractivity contribution in [3.63, 3.8) is 0 Å². The number of aryl methyl sites for hydroxylation is 1. The van der Waals surface area contributed by atoms with E-state index in [-0.39, 0.29) is 0 Å². The van der Waals surface area contributed by atoms with Crippen LogP contribution in [-0.4, -0.2) is 17.1 Å². The van der Waals surface area contributed by atoms with Crippen LogP contribution in [0.4, 0.5) is 0 Å². The van der Waals surface area contributed by atoms with Crippen molar-refractivity contribution < 1.29 is 4.74 Å². The third kappa shape index (κ3) is 1.84. The Hall–Kier alpha value is -1.68. The fourth-order valence-corrected chi connectivity index (χ4v) is 1.84. The van der Waals surface area contributed by atoms with Gasteiger partial charge < -0.3 is 10.5 Å². The van der Waals surface area contributed by atoms with Gasteiger partial charge in [0.2, 0.25) is 0 Å². The van der Waals surface area contributed by atoms with E-state index in [1.165, 1.54) is 0 Å². The van der Waals surface area contributed by atoms with Gasteiger partial charge in [-0.1, -0.05) is 12.2 Å². The van der Waals surface area contributed by atoms with E-state index < -0.39 is 0 Å². The molecule has 0 aliphatic heterocycles. The van der Waals surface area contributed by atoms with Crippen LogP contribution in [0.3, 0.4) is 0 Å². The van der Waals surface area contributed by atoms with Gasteiger partial charge in [0.1, 0.15) is 10.7 Å². The number of methoxy groups -OCH3 is 1. The third-order valence-electron chi connectivity index (χ3n) is 2.41. The van der Waals surface area contributed by atoms with Gasteiger partial charge in [0.05, 0.1) is 12.6 Å². The van der Waals surface area contributed by atoms with Crippen molar-refractivity contribution in [2.24, 2.45) is 5.73 Å². The Labute approximate surface area is 99.2 Å². The van der Waals surface area contributed by atoms with E-state index in [1.807, 2.05) is 31.2 Å². The molecule has 0 saturated heterocycles. The lowest BCUT2D eigenvalue weighted by atomic mass is 10.1. The van der Waals surface area contributed by atoms with Crippen molar-refractivity contribution >= 4 is 28.1 Å². The largest absolute Gasteiger partial charge is 0.497 e. The van der Waals surface area contributed by atoms with Gasteiger partial charge in [-0.25, -0.2) is 0 Å². The quantitative estimate of drug-likeness (QED) is 0.806. The average Bonchev–Trinajstić information content (AvgIpc) is 2.26. The molecular formula is C12H12N2OS. The molecule has 0 amide bonds. The second-order valence-electron chi connectivity index (χ2n) is 3.56. The molecule has 0 spiro atoms. The van der Waals surface area contributed by atoms with Crippen molar-refractivity contribution in [3.8, 4) is 5.75 Å². The van der Waals surface area contributed by atoms with Crippen LogP contribution in [-0.2, 0) is 0 Å². The number of ether oxygens (including phenoxy) is 1. The summed E-state index contributed by atoms with van der Waals surface area (Å²) in [7, 11) is 1.63. The number of nitrogens with two attached hydrogens (primary N) is 1. The van der Waals surface area contributed by atoms with Crippen LogP contribution < -0.4 is 10.5 Å². The zero-order chi connectivity index (χ0) is 11.7. The van der Waals surface area contributed by atoms with Crippen LogP contribution in [0.1, 0.15) is 11.3 Å².